The first-order valence-electron chi connectivity index (χ1n) is 7.25. The lowest BCUT2D eigenvalue weighted by molar-refractivity contribution is 0.904. The Labute approximate surface area is 129 Å². The molecule has 3 rings (SSSR count). The summed E-state index contributed by atoms with van der Waals surface area (Å²) in [6, 6.07) is 17.9. The Morgan fingerprint density at radius 3 is 2.55 bits per heavy atom. The highest BCUT2D eigenvalue weighted by molar-refractivity contribution is 5.95. The average molecular weight is 287 g/mol. The summed E-state index contributed by atoms with van der Waals surface area (Å²) in [5.74, 6) is 0. The van der Waals surface area contributed by atoms with Gasteiger partial charge in [0.2, 0.25) is 0 Å². The van der Waals surface area contributed by atoms with E-state index in [9.17, 15) is 0 Å². The standard InChI is InChI=1S/C19H17N3/c1-2-3-7-18-19(21)16-6-4-5-8-17(16)22(18)15-11-9-14(13-20)10-12-15/h2,4-6,8-12H,1,3,7,21H2. The number of hydrogen-bond acceptors (Lipinski definition) is 2. The lowest BCUT2D eigenvalue weighted by atomic mass is 10.1. The fraction of sp³-hybridized carbons (Fsp3) is 0.105. The van der Waals surface area contributed by atoms with Crippen molar-refractivity contribution in [3.63, 3.8) is 0 Å². The number of rotatable bonds is 4. The van der Waals surface area contributed by atoms with E-state index in [0.717, 1.165) is 40.8 Å². The Bertz CT molecular complexity index is 864. The molecule has 22 heavy (non-hydrogen) atoms. The summed E-state index contributed by atoms with van der Waals surface area (Å²) in [4.78, 5) is 0. The predicted octanol–water partition coefficient (Wildman–Crippen LogP) is 4.20. The number of nitrogens with zero attached hydrogens (tertiary/aromatic N) is 2. The van der Waals surface area contributed by atoms with Crippen molar-refractivity contribution >= 4 is 16.6 Å². The van der Waals surface area contributed by atoms with Gasteiger partial charge in [-0.25, -0.2) is 0 Å². The fourth-order valence-corrected chi connectivity index (χ4v) is 2.78. The van der Waals surface area contributed by atoms with E-state index in [1.807, 2.05) is 48.5 Å². The molecule has 2 aromatic carbocycles. The molecule has 0 unspecified atom stereocenters. The van der Waals surface area contributed by atoms with E-state index in [0.29, 0.717) is 5.56 Å². The Balaban J connectivity index is 2.25. The zero-order chi connectivity index (χ0) is 15.5. The van der Waals surface area contributed by atoms with Gasteiger partial charge in [-0.3, -0.25) is 0 Å². The first-order valence-corrected chi connectivity index (χ1v) is 7.25. The zero-order valence-electron chi connectivity index (χ0n) is 12.3. The van der Waals surface area contributed by atoms with E-state index in [1.165, 1.54) is 0 Å². The van der Waals surface area contributed by atoms with Crippen LogP contribution in [0.2, 0.25) is 0 Å². The van der Waals surface area contributed by atoms with Crippen molar-refractivity contribution in [3.05, 3.63) is 72.4 Å². The molecule has 0 aliphatic rings. The van der Waals surface area contributed by atoms with Gasteiger partial charge < -0.3 is 10.3 Å². The minimum atomic E-state index is 0.654. The summed E-state index contributed by atoms with van der Waals surface area (Å²) in [6.45, 7) is 3.80. The first kappa shape index (κ1) is 14.0. The van der Waals surface area contributed by atoms with Crippen molar-refractivity contribution in [1.82, 2.24) is 4.57 Å². The molecule has 3 nitrogen and oxygen atoms in total. The van der Waals surface area contributed by atoms with Crippen LogP contribution < -0.4 is 5.73 Å². The van der Waals surface area contributed by atoms with E-state index in [4.69, 9.17) is 11.0 Å². The van der Waals surface area contributed by atoms with E-state index >= 15 is 0 Å². The molecule has 1 aromatic heterocycles. The molecule has 0 atom stereocenters. The average Bonchev–Trinajstić information content (AvgIpc) is 2.86. The molecule has 0 aliphatic heterocycles. The topological polar surface area (TPSA) is 54.7 Å². The molecule has 3 heteroatoms. The number of nitrogens with two attached hydrogens (primary N) is 1. The molecule has 0 fully saturated rings. The first-order chi connectivity index (χ1) is 10.8. The molecular weight excluding hydrogens is 270 g/mol. The molecule has 0 saturated carbocycles. The van der Waals surface area contributed by atoms with Crippen LogP contribution in [0.15, 0.2) is 61.2 Å². The second-order valence-corrected chi connectivity index (χ2v) is 5.20. The third-order valence-electron chi connectivity index (χ3n) is 3.86. The summed E-state index contributed by atoms with van der Waals surface area (Å²) >= 11 is 0. The maximum absolute atomic E-state index is 8.96. The minimum Gasteiger partial charge on any atom is -0.397 e. The lowest BCUT2D eigenvalue weighted by Crippen LogP contribution is -2.02. The van der Waals surface area contributed by atoms with Crippen LogP contribution in [0.3, 0.4) is 0 Å². The smallest absolute Gasteiger partial charge is 0.0991 e. The second kappa shape index (κ2) is 5.79. The molecular formula is C19H17N3. The van der Waals surface area contributed by atoms with Crippen LogP contribution >= 0.6 is 0 Å². The highest BCUT2D eigenvalue weighted by atomic mass is 15.0. The van der Waals surface area contributed by atoms with Gasteiger partial charge in [-0.2, -0.15) is 5.26 Å². The van der Waals surface area contributed by atoms with E-state index in [2.05, 4.69) is 23.3 Å². The zero-order valence-corrected chi connectivity index (χ0v) is 12.3. The van der Waals surface area contributed by atoms with Crippen LogP contribution in [0.5, 0.6) is 0 Å². The van der Waals surface area contributed by atoms with Gasteiger partial charge in [-0.15, -0.1) is 6.58 Å². The van der Waals surface area contributed by atoms with Crippen LogP contribution in [-0.2, 0) is 6.42 Å². The summed E-state index contributed by atoms with van der Waals surface area (Å²) < 4.78 is 2.18. The van der Waals surface area contributed by atoms with E-state index in [1.54, 1.807) is 0 Å². The molecule has 0 spiro atoms. The van der Waals surface area contributed by atoms with Crippen LogP contribution in [-0.4, -0.2) is 4.57 Å². The Morgan fingerprint density at radius 1 is 1.14 bits per heavy atom. The fourth-order valence-electron chi connectivity index (χ4n) is 2.78. The summed E-state index contributed by atoms with van der Waals surface area (Å²) in [6.07, 6.45) is 3.61. The molecule has 0 radical (unpaired) electrons. The highest BCUT2D eigenvalue weighted by Crippen LogP contribution is 2.32. The van der Waals surface area contributed by atoms with Gasteiger partial charge in [0.05, 0.1) is 22.8 Å². The SMILES string of the molecule is C=CCCc1c(N)c2ccccc2n1-c1ccc(C#N)cc1. The highest BCUT2D eigenvalue weighted by Gasteiger charge is 2.15. The molecule has 0 aliphatic carbocycles. The lowest BCUT2D eigenvalue weighted by Gasteiger charge is -2.11. The number of nitrogen functional groups attached to an aromatic ring is 1. The maximum atomic E-state index is 8.96. The summed E-state index contributed by atoms with van der Waals surface area (Å²) in [5, 5.41) is 10.0. The molecule has 1 heterocycles. The van der Waals surface area contributed by atoms with Crippen molar-refractivity contribution in [2.45, 2.75) is 12.8 Å². The molecule has 3 aromatic rings. The summed E-state index contributed by atoms with van der Waals surface area (Å²) in [7, 11) is 0. The largest absolute Gasteiger partial charge is 0.397 e. The van der Waals surface area contributed by atoms with E-state index < -0.39 is 0 Å². The van der Waals surface area contributed by atoms with Crippen LogP contribution in [0.1, 0.15) is 17.7 Å². The number of benzene rings is 2. The van der Waals surface area contributed by atoms with Gasteiger partial charge in [-0.05, 0) is 43.2 Å². The number of allylic oxidation sites excluding steroid dienone is 1. The van der Waals surface area contributed by atoms with Crippen molar-refractivity contribution in [2.75, 3.05) is 5.73 Å². The summed E-state index contributed by atoms with van der Waals surface area (Å²) in [5.41, 5.74) is 11.0. The Morgan fingerprint density at radius 2 is 1.86 bits per heavy atom. The molecule has 2 N–H and O–H groups in total. The maximum Gasteiger partial charge on any atom is 0.0991 e. The van der Waals surface area contributed by atoms with Crippen molar-refractivity contribution in [3.8, 4) is 11.8 Å². The molecule has 0 amide bonds. The number of aromatic nitrogens is 1. The van der Waals surface area contributed by atoms with Crippen LogP contribution in [0, 0.1) is 11.3 Å². The number of nitriles is 1. The molecule has 0 saturated heterocycles. The van der Waals surface area contributed by atoms with Gasteiger partial charge in [0.15, 0.2) is 0 Å². The Hall–Kier alpha value is -2.99. The van der Waals surface area contributed by atoms with Gasteiger partial charge in [0, 0.05) is 16.8 Å². The van der Waals surface area contributed by atoms with Gasteiger partial charge >= 0.3 is 0 Å². The van der Waals surface area contributed by atoms with Crippen LogP contribution in [0.25, 0.3) is 16.6 Å². The van der Waals surface area contributed by atoms with Crippen molar-refractivity contribution in [2.24, 2.45) is 0 Å². The third-order valence-corrected chi connectivity index (χ3v) is 3.86. The predicted molar refractivity (Wildman–Crippen MR) is 90.9 cm³/mol. The van der Waals surface area contributed by atoms with Gasteiger partial charge in [0.25, 0.3) is 0 Å². The minimum absolute atomic E-state index is 0.654. The van der Waals surface area contributed by atoms with E-state index in [-0.39, 0.29) is 0 Å². The molecule has 0 bridgehead atoms. The van der Waals surface area contributed by atoms with Crippen LogP contribution in [0.4, 0.5) is 5.69 Å². The van der Waals surface area contributed by atoms with Gasteiger partial charge in [0.1, 0.15) is 0 Å². The number of fused-ring (bicyclic) bond motifs is 1. The normalized spacial score (nSPS) is 10.5. The van der Waals surface area contributed by atoms with Crippen molar-refractivity contribution < 1.29 is 0 Å². The molecule has 108 valence electrons. The number of anilines is 1. The second-order valence-electron chi connectivity index (χ2n) is 5.20. The van der Waals surface area contributed by atoms with Gasteiger partial charge in [-0.1, -0.05) is 24.3 Å². The Kier molecular flexibility index (Phi) is 3.67. The number of para-hydroxylation sites is 1. The monoisotopic (exact) mass is 287 g/mol. The quantitative estimate of drug-likeness (QED) is 0.731. The van der Waals surface area contributed by atoms with Crippen molar-refractivity contribution in [1.29, 1.82) is 5.26 Å². The number of hydrogen-bond donors (Lipinski definition) is 1. The third kappa shape index (κ3) is 2.25.